The number of benzene rings is 1. The van der Waals surface area contributed by atoms with Crippen molar-refractivity contribution in [2.75, 3.05) is 6.61 Å². The average molecular weight is 266 g/mol. The normalized spacial score (nSPS) is 13.4. The van der Waals surface area contributed by atoms with Gasteiger partial charge in [0.1, 0.15) is 5.82 Å². The minimum atomic E-state index is -1.96. The molecule has 1 aromatic rings. The molecular weight excluding hydrogens is 251 g/mol. The maximum absolute atomic E-state index is 13.3. The highest BCUT2D eigenvalue weighted by Gasteiger charge is 2.48. The quantitative estimate of drug-likeness (QED) is 0.487. The van der Waals surface area contributed by atoms with Crippen LogP contribution in [0.1, 0.15) is 18.9 Å². The molecule has 0 aliphatic heterocycles. The van der Waals surface area contributed by atoms with Crippen LogP contribution in [0.3, 0.4) is 0 Å². The Bertz CT molecular complexity index is 498. The lowest BCUT2D eigenvalue weighted by atomic mass is 9.77. The molecule has 0 saturated heterocycles. The molecule has 0 fully saturated rings. The van der Waals surface area contributed by atoms with Crippen molar-refractivity contribution in [3.63, 3.8) is 0 Å². The van der Waals surface area contributed by atoms with Crippen LogP contribution in [0.15, 0.2) is 36.9 Å². The van der Waals surface area contributed by atoms with Crippen LogP contribution in [0.5, 0.6) is 0 Å². The van der Waals surface area contributed by atoms with Crippen molar-refractivity contribution in [1.29, 1.82) is 0 Å². The minimum absolute atomic E-state index is 0.0401. The fourth-order valence-electron chi connectivity index (χ4n) is 1.84. The van der Waals surface area contributed by atoms with Gasteiger partial charge in [-0.1, -0.05) is 18.2 Å². The zero-order valence-corrected chi connectivity index (χ0v) is 10.6. The van der Waals surface area contributed by atoms with Gasteiger partial charge in [-0.2, -0.15) is 0 Å². The second-order valence-corrected chi connectivity index (χ2v) is 3.93. The monoisotopic (exact) mass is 266 g/mol. The average Bonchev–Trinajstić information content (AvgIpc) is 2.35. The maximum atomic E-state index is 13.3. The van der Waals surface area contributed by atoms with Gasteiger partial charge in [0.15, 0.2) is 5.41 Å². The van der Waals surface area contributed by atoms with Gasteiger partial charge in [-0.25, -0.2) is 4.39 Å². The Morgan fingerprint density at radius 3 is 2.68 bits per heavy atom. The molecule has 0 aromatic heterocycles. The third kappa shape index (κ3) is 2.81. The first-order valence-electron chi connectivity index (χ1n) is 5.76. The lowest BCUT2D eigenvalue weighted by Gasteiger charge is -2.26. The zero-order valence-electron chi connectivity index (χ0n) is 10.6. The molecule has 1 N–H and O–H groups in total. The van der Waals surface area contributed by atoms with Crippen molar-refractivity contribution in [3.8, 4) is 0 Å². The number of rotatable bonds is 6. The van der Waals surface area contributed by atoms with Gasteiger partial charge in [-0.3, -0.25) is 9.59 Å². The van der Waals surface area contributed by atoms with Crippen LogP contribution < -0.4 is 0 Å². The fraction of sp³-hybridized carbons (Fsp3) is 0.286. The topological polar surface area (TPSA) is 63.6 Å². The molecule has 1 rings (SSSR count). The number of hydrogen-bond acceptors (Lipinski definition) is 3. The summed E-state index contributed by atoms with van der Waals surface area (Å²) in [6.07, 6.45) is 1.13. The number of ether oxygens (including phenoxy) is 1. The van der Waals surface area contributed by atoms with Crippen LogP contribution in [0, 0.1) is 5.82 Å². The molecule has 0 aliphatic rings. The highest BCUT2D eigenvalue weighted by atomic mass is 19.1. The minimum Gasteiger partial charge on any atom is -0.480 e. The van der Waals surface area contributed by atoms with E-state index in [-0.39, 0.29) is 18.6 Å². The van der Waals surface area contributed by atoms with Crippen LogP contribution >= 0.6 is 0 Å². The van der Waals surface area contributed by atoms with Crippen LogP contribution in [-0.4, -0.2) is 23.7 Å². The number of hydrogen-bond donors (Lipinski definition) is 1. The molecule has 0 bridgehead atoms. The van der Waals surface area contributed by atoms with Gasteiger partial charge in [-0.05, 0) is 31.0 Å². The van der Waals surface area contributed by atoms with Gasteiger partial charge in [0, 0.05) is 0 Å². The predicted octanol–water partition coefficient (Wildman–Crippen LogP) is 2.29. The summed E-state index contributed by atoms with van der Waals surface area (Å²) in [6, 6.07) is 4.94. The third-order valence-electron chi connectivity index (χ3n) is 2.76. The van der Waals surface area contributed by atoms with E-state index in [1.807, 2.05) is 0 Å². The summed E-state index contributed by atoms with van der Waals surface area (Å²) in [4.78, 5) is 23.6. The molecular formula is C14H15FO4. The first kappa shape index (κ1) is 14.9. The number of halogens is 1. The number of carbonyl (C=O) groups is 2. The summed E-state index contributed by atoms with van der Waals surface area (Å²) in [5.41, 5.74) is -1.92. The van der Waals surface area contributed by atoms with Gasteiger partial charge < -0.3 is 9.84 Å². The molecule has 0 aliphatic carbocycles. The molecule has 19 heavy (non-hydrogen) atoms. The Labute approximate surface area is 110 Å². The lowest BCUT2D eigenvalue weighted by Crippen LogP contribution is -2.44. The van der Waals surface area contributed by atoms with Gasteiger partial charge in [0.25, 0.3) is 0 Å². The Morgan fingerprint density at radius 1 is 1.53 bits per heavy atom. The SMILES string of the molecule is C=CCC(C(=O)O)(C(=O)OCC)c1cccc(F)c1. The Balaban J connectivity index is 3.43. The van der Waals surface area contributed by atoms with E-state index in [2.05, 4.69) is 6.58 Å². The highest BCUT2D eigenvalue weighted by Crippen LogP contribution is 2.31. The standard InChI is InChI=1S/C14H15FO4/c1-3-8-14(12(16)17,13(18)19-4-2)10-6-5-7-11(15)9-10/h3,5-7,9H,1,4,8H2,2H3,(H,16,17). The Morgan fingerprint density at radius 2 is 2.21 bits per heavy atom. The van der Waals surface area contributed by atoms with E-state index < -0.39 is 23.2 Å². The van der Waals surface area contributed by atoms with Crippen LogP contribution in [0.25, 0.3) is 0 Å². The van der Waals surface area contributed by atoms with Crippen LogP contribution in [0.4, 0.5) is 4.39 Å². The van der Waals surface area contributed by atoms with Gasteiger partial charge in [0.2, 0.25) is 0 Å². The smallest absolute Gasteiger partial charge is 0.328 e. The molecule has 0 radical (unpaired) electrons. The van der Waals surface area contributed by atoms with E-state index >= 15 is 0 Å². The van der Waals surface area contributed by atoms with Crippen molar-refractivity contribution in [1.82, 2.24) is 0 Å². The molecule has 5 heteroatoms. The molecule has 102 valence electrons. The second-order valence-electron chi connectivity index (χ2n) is 3.93. The number of aliphatic carboxylic acids is 1. The summed E-state index contributed by atoms with van der Waals surface area (Å²) in [5.74, 6) is -2.93. The van der Waals surface area contributed by atoms with E-state index in [1.165, 1.54) is 24.3 Å². The van der Waals surface area contributed by atoms with Gasteiger partial charge in [0.05, 0.1) is 6.61 Å². The molecule has 0 spiro atoms. The van der Waals surface area contributed by atoms with E-state index in [9.17, 15) is 19.1 Å². The summed E-state index contributed by atoms with van der Waals surface area (Å²) >= 11 is 0. The summed E-state index contributed by atoms with van der Waals surface area (Å²) in [5, 5.41) is 9.43. The van der Waals surface area contributed by atoms with Crippen LogP contribution in [0.2, 0.25) is 0 Å². The molecule has 4 nitrogen and oxygen atoms in total. The van der Waals surface area contributed by atoms with Crippen molar-refractivity contribution < 1.29 is 23.8 Å². The highest BCUT2D eigenvalue weighted by molar-refractivity contribution is 6.05. The van der Waals surface area contributed by atoms with Gasteiger partial charge >= 0.3 is 11.9 Å². The van der Waals surface area contributed by atoms with Crippen molar-refractivity contribution in [3.05, 3.63) is 48.3 Å². The summed E-state index contributed by atoms with van der Waals surface area (Å²) in [7, 11) is 0. The largest absolute Gasteiger partial charge is 0.480 e. The third-order valence-corrected chi connectivity index (χ3v) is 2.76. The molecule has 0 heterocycles. The number of carboxylic acids is 1. The zero-order chi connectivity index (χ0) is 14.5. The van der Waals surface area contributed by atoms with E-state index in [0.717, 1.165) is 6.07 Å². The molecule has 0 amide bonds. The Hall–Kier alpha value is -2.17. The Kier molecular flexibility index (Phi) is 4.80. The van der Waals surface area contributed by atoms with E-state index in [0.29, 0.717) is 0 Å². The van der Waals surface area contributed by atoms with E-state index in [4.69, 9.17) is 4.74 Å². The van der Waals surface area contributed by atoms with Gasteiger partial charge in [-0.15, -0.1) is 6.58 Å². The predicted molar refractivity (Wildman–Crippen MR) is 67.2 cm³/mol. The fourth-order valence-corrected chi connectivity index (χ4v) is 1.84. The molecule has 1 aromatic carbocycles. The first-order valence-corrected chi connectivity index (χ1v) is 5.76. The van der Waals surface area contributed by atoms with Crippen molar-refractivity contribution in [2.45, 2.75) is 18.8 Å². The second kappa shape index (κ2) is 6.13. The van der Waals surface area contributed by atoms with Crippen molar-refractivity contribution >= 4 is 11.9 Å². The molecule has 1 atom stereocenters. The maximum Gasteiger partial charge on any atom is 0.328 e. The number of esters is 1. The number of carbonyl (C=O) groups excluding carboxylic acids is 1. The van der Waals surface area contributed by atoms with Crippen molar-refractivity contribution in [2.24, 2.45) is 0 Å². The number of carboxylic acid groups (broad SMARTS) is 1. The van der Waals surface area contributed by atoms with E-state index in [1.54, 1.807) is 6.92 Å². The lowest BCUT2D eigenvalue weighted by molar-refractivity contribution is -0.161. The van der Waals surface area contributed by atoms with Crippen LogP contribution in [-0.2, 0) is 19.7 Å². The first-order chi connectivity index (χ1) is 8.98. The summed E-state index contributed by atoms with van der Waals surface area (Å²) in [6.45, 7) is 5.07. The summed E-state index contributed by atoms with van der Waals surface area (Å²) < 4.78 is 18.1. The molecule has 0 saturated carbocycles. The number of allylic oxidation sites excluding steroid dienone is 1. The molecule has 1 unspecified atom stereocenters.